The standard InChI is InChI=1S/C15H16Cl2N2O4S/c16-10-1-2-13(12(17)6-10)19-7-9(5-14(19)20)15(21)18-11-3-4-24(22,23)8-11/h1-2,6,9,11H,3-5,7-8H2,(H,18,21). The second kappa shape index (κ2) is 6.54. The molecule has 0 radical (unpaired) electrons. The summed E-state index contributed by atoms with van der Waals surface area (Å²) in [5.74, 6) is -0.954. The Balaban J connectivity index is 1.67. The van der Waals surface area contributed by atoms with E-state index in [0.29, 0.717) is 22.2 Å². The fourth-order valence-electron chi connectivity index (χ4n) is 3.04. The van der Waals surface area contributed by atoms with Gasteiger partial charge in [-0.05, 0) is 24.6 Å². The van der Waals surface area contributed by atoms with Gasteiger partial charge in [-0.1, -0.05) is 23.2 Å². The van der Waals surface area contributed by atoms with Crippen molar-refractivity contribution in [1.29, 1.82) is 0 Å². The first kappa shape index (κ1) is 17.5. The number of carbonyl (C=O) groups is 2. The lowest BCUT2D eigenvalue weighted by molar-refractivity contribution is -0.126. The molecule has 24 heavy (non-hydrogen) atoms. The van der Waals surface area contributed by atoms with Crippen molar-refractivity contribution in [3.05, 3.63) is 28.2 Å². The lowest BCUT2D eigenvalue weighted by atomic mass is 10.1. The van der Waals surface area contributed by atoms with Gasteiger partial charge in [-0.25, -0.2) is 8.42 Å². The molecule has 2 amide bonds. The lowest BCUT2D eigenvalue weighted by Gasteiger charge is -2.19. The molecule has 1 N–H and O–H groups in total. The molecule has 0 bridgehead atoms. The predicted octanol–water partition coefficient (Wildman–Crippen LogP) is 1.65. The largest absolute Gasteiger partial charge is 0.352 e. The molecule has 2 fully saturated rings. The molecule has 0 spiro atoms. The summed E-state index contributed by atoms with van der Waals surface area (Å²) < 4.78 is 22.9. The molecule has 0 aliphatic carbocycles. The Morgan fingerprint density at radius 3 is 2.67 bits per heavy atom. The number of rotatable bonds is 3. The Morgan fingerprint density at radius 1 is 1.29 bits per heavy atom. The quantitative estimate of drug-likeness (QED) is 0.850. The van der Waals surface area contributed by atoms with Gasteiger partial charge in [-0.3, -0.25) is 9.59 Å². The molecule has 2 heterocycles. The minimum Gasteiger partial charge on any atom is -0.352 e. The molecule has 1 aromatic carbocycles. The highest BCUT2D eigenvalue weighted by atomic mass is 35.5. The Morgan fingerprint density at radius 2 is 2.04 bits per heavy atom. The summed E-state index contributed by atoms with van der Waals surface area (Å²) in [5.41, 5.74) is 0.518. The average Bonchev–Trinajstić information content (AvgIpc) is 3.02. The van der Waals surface area contributed by atoms with E-state index >= 15 is 0 Å². The molecule has 6 nitrogen and oxygen atoms in total. The number of nitrogens with one attached hydrogen (secondary N) is 1. The van der Waals surface area contributed by atoms with E-state index < -0.39 is 15.8 Å². The van der Waals surface area contributed by atoms with Crippen molar-refractivity contribution in [2.24, 2.45) is 5.92 Å². The molecular formula is C15H16Cl2N2O4S. The van der Waals surface area contributed by atoms with Gasteiger partial charge in [0.25, 0.3) is 0 Å². The van der Waals surface area contributed by atoms with E-state index in [0.717, 1.165) is 0 Å². The number of amides is 2. The molecule has 2 atom stereocenters. The van der Waals surface area contributed by atoms with Crippen molar-refractivity contribution in [3.8, 4) is 0 Å². The minimum absolute atomic E-state index is 0.0356. The SMILES string of the molecule is O=C(NC1CCS(=O)(=O)C1)C1CC(=O)N(c2ccc(Cl)cc2Cl)C1. The molecule has 2 aliphatic rings. The smallest absolute Gasteiger partial charge is 0.227 e. The normalized spacial score (nSPS) is 25.9. The number of anilines is 1. The van der Waals surface area contributed by atoms with E-state index in [-0.39, 0.29) is 42.3 Å². The lowest BCUT2D eigenvalue weighted by Crippen LogP contribution is -2.40. The number of halogens is 2. The third-order valence-electron chi connectivity index (χ3n) is 4.28. The molecular weight excluding hydrogens is 375 g/mol. The summed E-state index contributed by atoms with van der Waals surface area (Å²) in [6.45, 7) is 0.214. The monoisotopic (exact) mass is 390 g/mol. The van der Waals surface area contributed by atoms with Crippen LogP contribution in [0.2, 0.25) is 10.0 Å². The van der Waals surface area contributed by atoms with E-state index in [1.807, 2.05) is 0 Å². The van der Waals surface area contributed by atoms with Crippen molar-refractivity contribution in [3.63, 3.8) is 0 Å². The molecule has 0 saturated carbocycles. The fraction of sp³-hybridized carbons (Fsp3) is 0.467. The van der Waals surface area contributed by atoms with E-state index in [4.69, 9.17) is 23.2 Å². The molecule has 3 rings (SSSR count). The fourth-order valence-corrected chi connectivity index (χ4v) is 5.23. The number of carbonyl (C=O) groups excluding carboxylic acids is 2. The van der Waals surface area contributed by atoms with Gasteiger partial charge in [-0.15, -0.1) is 0 Å². The Bertz CT molecular complexity index is 797. The zero-order valence-electron chi connectivity index (χ0n) is 12.7. The zero-order chi connectivity index (χ0) is 17.5. The number of hydrogen-bond donors (Lipinski definition) is 1. The summed E-state index contributed by atoms with van der Waals surface area (Å²) in [6, 6.07) is 4.45. The van der Waals surface area contributed by atoms with Crippen LogP contribution in [0, 0.1) is 5.92 Å². The van der Waals surface area contributed by atoms with Gasteiger partial charge in [0.1, 0.15) is 0 Å². The van der Waals surface area contributed by atoms with Crippen molar-refractivity contribution in [2.75, 3.05) is 23.0 Å². The van der Waals surface area contributed by atoms with Crippen LogP contribution in [-0.2, 0) is 19.4 Å². The molecule has 0 aromatic heterocycles. The number of sulfone groups is 1. The number of benzene rings is 1. The first-order valence-corrected chi connectivity index (χ1v) is 10.1. The van der Waals surface area contributed by atoms with Gasteiger partial charge in [0.15, 0.2) is 9.84 Å². The second-order valence-corrected chi connectivity index (χ2v) is 9.18. The highest BCUT2D eigenvalue weighted by Crippen LogP contribution is 2.33. The second-order valence-electron chi connectivity index (χ2n) is 6.11. The molecule has 9 heteroatoms. The Kier molecular flexibility index (Phi) is 4.77. The Labute approximate surface area is 150 Å². The van der Waals surface area contributed by atoms with Gasteiger partial charge >= 0.3 is 0 Å². The van der Waals surface area contributed by atoms with Crippen LogP contribution in [0.15, 0.2) is 18.2 Å². The molecule has 1 aromatic rings. The summed E-state index contributed by atoms with van der Waals surface area (Å²) in [4.78, 5) is 26.0. The first-order valence-electron chi connectivity index (χ1n) is 7.51. The van der Waals surface area contributed by atoms with Crippen molar-refractivity contribution < 1.29 is 18.0 Å². The van der Waals surface area contributed by atoms with Crippen LogP contribution >= 0.6 is 23.2 Å². The zero-order valence-corrected chi connectivity index (χ0v) is 15.0. The maximum Gasteiger partial charge on any atom is 0.227 e. The summed E-state index contributed by atoms with van der Waals surface area (Å²) in [5, 5.41) is 3.55. The molecule has 2 saturated heterocycles. The number of hydrogen-bond acceptors (Lipinski definition) is 4. The summed E-state index contributed by atoms with van der Waals surface area (Å²) in [6.07, 6.45) is 0.492. The predicted molar refractivity (Wildman–Crippen MR) is 92.1 cm³/mol. The molecule has 130 valence electrons. The van der Waals surface area contributed by atoms with E-state index in [1.54, 1.807) is 18.2 Å². The Hall–Kier alpha value is -1.31. The van der Waals surface area contributed by atoms with E-state index in [9.17, 15) is 18.0 Å². The van der Waals surface area contributed by atoms with Gasteiger partial charge in [0.05, 0.1) is 28.1 Å². The van der Waals surface area contributed by atoms with E-state index in [2.05, 4.69) is 5.32 Å². The minimum atomic E-state index is -3.06. The first-order chi connectivity index (χ1) is 11.2. The maximum atomic E-state index is 12.3. The van der Waals surface area contributed by atoms with Crippen LogP contribution in [0.25, 0.3) is 0 Å². The third-order valence-corrected chi connectivity index (χ3v) is 6.58. The van der Waals surface area contributed by atoms with E-state index in [1.165, 1.54) is 4.90 Å². The van der Waals surface area contributed by atoms with Gasteiger partial charge in [-0.2, -0.15) is 0 Å². The van der Waals surface area contributed by atoms with Crippen molar-refractivity contribution in [1.82, 2.24) is 5.32 Å². The van der Waals surface area contributed by atoms with Gasteiger partial charge in [0, 0.05) is 24.0 Å². The van der Waals surface area contributed by atoms with Crippen molar-refractivity contribution in [2.45, 2.75) is 18.9 Å². The number of nitrogens with zero attached hydrogens (tertiary/aromatic N) is 1. The highest BCUT2D eigenvalue weighted by Gasteiger charge is 2.38. The van der Waals surface area contributed by atoms with Crippen LogP contribution in [0.4, 0.5) is 5.69 Å². The molecule has 2 unspecified atom stereocenters. The van der Waals surface area contributed by atoms with Crippen LogP contribution in [-0.4, -0.2) is 44.3 Å². The van der Waals surface area contributed by atoms with Gasteiger partial charge < -0.3 is 10.2 Å². The maximum absolute atomic E-state index is 12.3. The van der Waals surface area contributed by atoms with Crippen LogP contribution in [0.1, 0.15) is 12.8 Å². The van der Waals surface area contributed by atoms with Crippen LogP contribution in [0.3, 0.4) is 0 Å². The summed E-state index contributed by atoms with van der Waals surface area (Å²) >= 11 is 12.0. The van der Waals surface area contributed by atoms with Crippen LogP contribution in [0.5, 0.6) is 0 Å². The topological polar surface area (TPSA) is 83.5 Å². The van der Waals surface area contributed by atoms with Crippen molar-refractivity contribution >= 4 is 50.5 Å². The van der Waals surface area contributed by atoms with Crippen LogP contribution < -0.4 is 10.2 Å². The highest BCUT2D eigenvalue weighted by molar-refractivity contribution is 7.91. The average molecular weight is 391 g/mol. The summed E-state index contributed by atoms with van der Waals surface area (Å²) in [7, 11) is -3.06. The van der Waals surface area contributed by atoms with Gasteiger partial charge in [0.2, 0.25) is 11.8 Å². The molecule has 2 aliphatic heterocycles. The third kappa shape index (κ3) is 3.68.